The molecule has 0 bridgehead atoms. The van der Waals surface area contributed by atoms with Gasteiger partial charge in [-0.2, -0.15) is 5.26 Å². The van der Waals surface area contributed by atoms with Crippen LogP contribution in [0.5, 0.6) is 5.75 Å². The van der Waals surface area contributed by atoms with Crippen LogP contribution in [-0.4, -0.2) is 19.3 Å². The molecule has 2 rings (SSSR count). The molecule has 2 aromatic carbocycles. The van der Waals surface area contributed by atoms with Crippen molar-refractivity contribution < 1.29 is 22.7 Å². The van der Waals surface area contributed by atoms with E-state index >= 15 is 0 Å². The molecule has 0 spiro atoms. The van der Waals surface area contributed by atoms with Crippen LogP contribution < -0.4 is 15.0 Å². The van der Waals surface area contributed by atoms with Gasteiger partial charge in [0.25, 0.3) is 0 Å². The second kappa shape index (κ2) is 9.73. The molecule has 0 aliphatic heterocycles. The predicted molar refractivity (Wildman–Crippen MR) is 112 cm³/mol. The first kappa shape index (κ1) is 23.4. The highest BCUT2D eigenvalue weighted by Crippen LogP contribution is 2.36. The Balaban J connectivity index is 2.64. The van der Waals surface area contributed by atoms with E-state index in [1.165, 1.54) is 24.3 Å². The van der Waals surface area contributed by atoms with Gasteiger partial charge in [-0.05, 0) is 60.4 Å². The molecule has 1 amide bonds. The largest absolute Gasteiger partial charge is 0.573 e. The van der Waals surface area contributed by atoms with Crippen LogP contribution in [-0.2, 0) is 11.3 Å². The minimum atomic E-state index is -4.78. The summed E-state index contributed by atoms with van der Waals surface area (Å²) in [5.41, 5.74) is 3.44. The molecule has 0 aliphatic rings. The third kappa shape index (κ3) is 5.80. The second-order valence-electron chi connectivity index (χ2n) is 6.46. The van der Waals surface area contributed by atoms with E-state index in [2.05, 4.69) is 34.7 Å². The van der Waals surface area contributed by atoms with Gasteiger partial charge in [-0.1, -0.05) is 24.6 Å². The quantitative estimate of drug-likeness (QED) is 0.414. The number of alkyl halides is 3. The number of rotatable bonds is 6. The molecule has 1 N–H and O–H groups in total. The molecule has 2 aromatic rings. The monoisotopic (exact) mass is 427 g/mol. The fraction of sp³-hybridized carbons (Fsp3) is 0.217. The molecule has 0 atom stereocenters. The van der Waals surface area contributed by atoms with Crippen molar-refractivity contribution in [3.05, 3.63) is 59.7 Å². The van der Waals surface area contributed by atoms with Gasteiger partial charge in [-0.25, -0.2) is 0 Å². The Morgan fingerprint density at radius 2 is 1.97 bits per heavy atom. The number of nitrogens with zero attached hydrogens (tertiary/aromatic N) is 2. The molecule has 0 radical (unpaired) electrons. The van der Waals surface area contributed by atoms with Crippen molar-refractivity contribution in [2.75, 3.05) is 11.9 Å². The molecular weight excluding hydrogens is 407 g/mol. The van der Waals surface area contributed by atoms with Crippen molar-refractivity contribution in [3.63, 3.8) is 0 Å². The normalized spacial score (nSPS) is 10.4. The SMILES string of the molecule is C=CC(=O)NCc1cc(-c2ccc(OC(F)(F)F)cc2)c(C)c(N(C)C#CC)c1C#N. The predicted octanol–water partition coefficient (Wildman–Crippen LogP) is 4.65. The van der Waals surface area contributed by atoms with Crippen molar-refractivity contribution in [2.45, 2.75) is 26.8 Å². The molecule has 0 unspecified atom stereocenters. The third-order valence-corrected chi connectivity index (χ3v) is 4.40. The van der Waals surface area contributed by atoms with Gasteiger partial charge in [0, 0.05) is 19.6 Å². The second-order valence-corrected chi connectivity index (χ2v) is 6.46. The lowest BCUT2D eigenvalue weighted by Crippen LogP contribution is -2.22. The highest BCUT2D eigenvalue weighted by Gasteiger charge is 2.31. The molecule has 5 nitrogen and oxygen atoms in total. The van der Waals surface area contributed by atoms with Crippen LogP contribution in [0.25, 0.3) is 11.1 Å². The van der Waals surface area contributed by atoms with Crippen LogP contribution in [0.4, 0.5) is 18.9 Å². The first-order valence-electron chi connectivity index (χ1n) is 9.10. The van der Waals surface area contributed by atoms with Gasteiger partial charge in [-0.15, -0.1) is 13.2 Å². The summed E-state index contributed by atoms with van der Waals surface area (Å²) in [6.45, 7) is 6.93. The van der Waals surface area contributed by atoms with Gasteiger partial charge in [0.1, 0.15) is 11.8 Å². The van der Waals surface area contributed by atoms with E-state index in [9.17, 15) is 23.2 Å². The summed E-state index contributed by atoms with van der Waals surface area (Å²) in [7, 11) is 1.70. The number of nitrogens with one attached hydrogen (secondary N) is 1. The minimum absolute atomic E-state index is 0.0662. The molecule has 31 heavy (non-hydrogen) atoms. The number of ether oxygens (including phenoxy) is 1. The number of carbonyl (C=O) groups is 1. The Morgan fingerprint density at radius 1 is 1.32 bits per heavy atom. The summed E-state index contributed by atoms with van der Waals surface area (Å²) in [5.74, 6) is 2.03. The Bertz CT molecular complexity index is 1090. The summed E-state index contributed by atoms with van der Waals surface area (Å²) >= 11 is 0. The van der Waals surface area contributed by atoms with Gasteiger partial charge in [0.05, 0.1) is 11.3 Å². The van der Waals surface area contributed by atoms with Crippen LogP contribution >= 0.6 is 0 Å². The molecular formula is C23H20F3N3O2. The standard InChI is InChI=1S/C23H20F3N3O2/c1-5-11-29(4)22-15(3)19(12-17(20(22)13-27)14-28-21(30)6-2)16-7-9-18(10-8-16)31-23(24,25)26/h6-10,12H,2,14H2,1,3-4H3,(H,28,30). The highest BCUT2D eigenvalue weighted by molar-refractivity contribution is 5.87. The molecule has 160 valence electrons. The van der Waals surface area contributed by atoms with Crippen LogP contribution in [0.15, 0.2) is 43.0 Å². The smallest absolute Gasteiger partial charge is 0.406 e. The number of nitriles is 1. The van der Waals surface area contributed by atoms with Gasteiger partial charge in [-0.3, -0.25) is 4.79 Å². The van der Waals surface area contributed by atoms with Gasteiger partial charge in [0.2, 0.25) is 5.91 Å². The maximum atomic E-state index is 12.4. The van der Waals surface area contributed by atoms with Crippen molar-refractivity contribution >= 4 is 11.6 Å². The van der Waals surface area contributed by atoms with Crippen molar-refractivity contribution in [1.29, 1.82) is 5.26 Å². The zero-order chi connectivity index (χ0) is 23.2. The average molecular weight is 427 g/mol. The van der Waals surface area contributed by atoms with E-state index in [0.29, 0.717) is 33.5 Å². The average Bonchev–Trinajstić information content (AvgIpc) is 2.71. The van der Waals surface area contributed by atoms with Crippen molar-refractivity contribution in [3.8, 4) is 34.9 Å². The Labute approximate surface area is 178 Å². The van der Waals surface area contributed by atoms with Gasteiger partial charge < -0.3 is 15.0 Å². The lowest BCUT2D eigenvalue weighted by molar-refractivity contribution is -0.274. The zero-order valence-electron chi connectivity index (χ0n) is 17.2. The molecule has 0 fully saturated rings. The minimum Gasteiger partial charge on any atom is -0.406 e. The summed E-state index contributed by atoms with van der Waals surface area (Å²) in [4.78, 5) is 13.2. The Morgan fingerprint density at radius 3 is 2.48 bits per heavy atom. The maximum absolute atomic E-state index is 12.4. The first-order chi connectivity index (χ1) is 14.6. The topological polar surface area (TPSA) is 65.4 Å². The molecule has 0 heterocycles. The summed E-state index contributed by atoms with van der Waals surface area (Å²) in [6, 6.07) is 12.2. The summed E-state index contributed by atoms with van der Waals surface area (Å²) in [5, 5.41) is 12.4. The van der Waals surface area contributed by atoms with E-state index in [1.807, 2.05) is 0 Å². The van der Waals surface area contributed by atoms with E-state index in [-0.39, 0.29) is 12.3 Å². The van der Waals surface area contributed by atoms with Crippen LogP contribution in [0.3, 0.4) is 0 Å². The summed E-state index contributed by atoms with van der Waals surface area (Å²) in [6.07, 6.45) is -3.66. The van der Waals surface area contributed by atoms with Gasteiger partial charge >= 0.3 is 6.36 Å². The number of halogens is 3. The van der Waals surface area contributed by atoms with Gasteiger partial charge in [0.15, 0.2) is 0 Å². The molecule has 0 saturated carbocycles. The molecule has 0 aliphatic carbocycles. The lowest BCUT2D eigenvalue weighted by atomic mass is 9.92. The fourth-order valence-corrected chi connectivity index (χ4v) is 3.12. The number of benzene rings is 2. The molecule has 0 saturated heterocycles. The lowest BCUT2D eigenvalue weighted by Gasteiger charge is -2.22. The van der Waals surface area contributed by atoms with Crippen LogP contribution in [0.1, 0.15) is 23.6 Å². The number of carbonyl (C=O) groups excluding carboxylic acids is 1. The van der Waals surface area contributed by atoms with Crippen molar-refractivity contribution in [2.24, 2.45) is 0 Å². The highest BCUT2D eigenvalue weighted by atomic mass is 19.4. The van der Waals surface area contributed by atoms with Crippen LogP contribution in [0.2, 0.25) is 0 Å². The maximum Gasteiger partial charge on any atom is 0.573 e. The van der Waals surface area contributed by atoms with E-state index < -0.39 is 12.3 Å². The number of amides is 1. The Hall–Kier alpha value is -3.91. The molecule has 0 aromatic heterocycles. The first-order valence-corrected chi connectivity index (χ1v) is 9.10. The van der Waals surface area contributed by atoms with Crippen LogP contribution in [0, 0.1) is 30.2 Å². The van der Waals surface area contributed by atoms with E-state index in [0.717, 1.165) is 6.08 Å². The molecule has 8 heteroatoms. The summed E-state index contributed by atoms with van der Waals surface area (Å²) < 4.78 is 41.3. The number of hydrogen-bond donors (Lipinski definition) is 1. The number of hydrogen-bond acceptors (Lipinski definition) is 4. The number of anilines is 1. The third-order valence-electron chi connectivity index (χ3n) is 4.40. The van der Waals surface area contributed by atoms with E-state index in [4.69, 9.17) is 0 Å². The fourth-order valence-electron chi connectivity index (χ4n) is 3.12. The zero-order valence-corrected chi connectivity index (χ0v) is 17.2. The van der Waals surface area contributed by atoms with Crippen molar-refractivity contribution in [1.82, 2.24) is 5.32 Å². The Kier molecular flexibility index (Phi) is 7.33. The van der Waals surface area contributed by atoms with E-state index in [1.54, 1.807) is 31.9 Å².